The molecule has 0 aliphatic heterocycles. The van der Waals surface area contributed by atoms with Crippen LogP contribution in [0.4, 0.5) is 32.0 Å². The van der Waals surface area contributed by atoms with Gasteiger partial charge in [0.05, 0.1) is 17.3 Å². The Hall–Kier alpha value is -4.67. The van der Waals surface area contributed by atoms with E-state index in [-0.39, 0.29) is 23.2 Å². The van der Waals surface area contributed by atoms with Crippen molar-refractivity contribution in [2.24, 2.45) is 0 Å². The molecule has 1 N–H and O–H groups in total. The quantitative estimate of drug-likeness (QED) is 0.260. The van der Waals surface area contributed by atoms with E-state index in [2.05, 4.69) is 15.3 Å². The van der Waals surface area contributed by atoms with E-state index in [1.165, 1.54) is 30.5 Å². The van der Waals surface area contributed by atoms with Gasteiger partial charge in [-0.3, -0.25) is 9.78 Å². The molecule has 0 aliphatic rings. The topological polar surface area (TPSA) is 59.3 Å². The van der Waals surface area contributed by atoms with E-state index in [4.69, 9.17) is 0 Å². The number of rotatable bonds is 5. The number of nitrogens with one attached hydrogen (secondary N) is 1. The molecule has 38 heavy (non-hydrogen) atoms. The first-order chi connectivity index (χ1) is 18.1. The molecule has 5 aromatic rings. The summed E-state index contributed by atoms with van der Waals surface area (Å²) in [6.45, 7) is 0. The number of pyridine rings is 2. The second-order valence-electron chi connectivity index (χ2n) is 8.32. The minimum atomic E-state index is -4.92. The number of fused-ring (bicyclic) bond motifs is 1. The van der Waals surface area contributed by atoms with Crippen molar-refractivity contribution in [3.8, 4) is 11.1 Å². The molecule has 0 atom stereocenters. The Balaban J connectivity index is 1.55. The van der Waals surface area contributed by atoms with Gasteiger partial charge in [-0.05, 0) is 48.0 Å². The molecular weight excluding hydrogens is 510 g/mol. The van der Waals surface area contributed by atoms with E-state index in [0.717, 1.165) is 30.5 Å². The van der Waals surface area contributed by atoms with Gasteiger partial charge in [-0.15, -0.1) is 0 Å². The predicted molar refractivity (Wildman–Crippen MR) is 127 cm³/mol. The lowest BCUT2D eigenvalue weighted by Crippen LogP contribution is -2.20. The second kappa shape index (κ2) is 9.66. The number of benzene rings is 2. The molecule has 2 aromatic carbocycles. The highest BCUT2D eigenvalue weighted by Gasteiger charge is 2.37. The van der Waals surface area contributed by atoms with Gasteiger partial charge >= 0.3 is 6.18 Å². The Morgan fingerprint density at radius 1 is 0.921 bits per heavy atom. The molecule has 0 saturated heterocycles. The van der Waals surface area contributed by atoms with Crippen LogP contribution in [-0.4, -0.2) is 20.3 Å². The van der Waals surface area contributed by atoms with Crippen molar-refractivity contribution in [3.05, 3.63) is 119 Å². The summed E-state index contributed by atoms with van der Waals surface area (Å²) in [7, 11) is 0. The Morgan fingerprint density at radius 3 is 2.42 bits per heavy atom. The summed E-state index contributed by atoms with van der Waals surface area (Å²) in [5, 5.41) is 2.33. The molecule has 0 unspecified atom stereocenters. The molecule has 0 radical (unpaired) electrons. The smallest absolute Gasteiger partial charge is 0.322 e. The Kier molecular flexibility index (Phi) is 6.35. The third-order valence-electron chi connectivity index (χ3n) is 5.84. The van der Waals surface area contributed by atoms with Crippen LogP contribution in [0.25, 0.3) is 16.6 Å². The number of hydrogen-bond acceptors (Lipinski definition) is 3. The molecule has 11 heteroatoms. The van der Waals surface area contributed by atoms with Crippen molar-refractivity contribution in [1.29, 1.82) is 0 Å². The summed E-state index contributed by atoms with van der Waals surface area (Å²) in [5.74, 6) is -3.28. The lowest BCUT2D eigenvalue weighted by molar-refractivity contribution is -0.141. The third kappa shape index (κ3) is 4.82. The number of aromatic nitrogens is 3. The molecule has 0 saturated carbocycles. The monoisotopic (exact) mass is 526 g/mol. The zero-order valence-electron chi connectivity index (χ0n) is 19.2. The van der Waals surface area contributed by atoms with Crippen LogP contribution in [0.15, 0.2) is 79.3 Å². The predicted octanol–water partition coefficient (Wildman–Crippen LogP) is 6.68. The van der Waals surface area contributed by atoms with Crippen molar-refractivity contribution in [2.75, 3.05) is 5.32 Å². The first kappa shape index (κ1) is 25.0. The number of carbonyl (C=O) groups excluding carboxylic acids is 1. The number of halogens is 6. The minimum absolute atomic E-state index is 0.0438. The summed E-state index contributed by atoms with van der Waals surface area (Å²) in [4.78, 5) is 20.7. The number of hydrogen-bond donors (Lipinski definition) is 1. The van der Waals surface area contributed by atoms with E-state index >= 15 is 0 Å². The van der Waals surface area contributed by atoms with Crippen molar-refractivity contribution < 1.29 is 31.1 Å². The maximum Gasteiger partial charge on any atom is 0.434 e. The second-order valence-corrected chi connectivity index (χ2v) is 8.32. The number of nitrogens with zero attached hydrogens (tertiary/aromatic N) is 3. The van der Waals surface area contributed by atoms with Crippen LogP contribution in [0.3, 0.4) is 0 Å². The van der Waals surface area contributed by atoms with Crippen LogP contribution in [0.2, 0.25) is 0 Å². The number of carbonyl (C=O) groups is 1. The zero-order chi connectivity index (χ0) is 27.0. The maximum absolute atomic E-state index is 14.2. The standard InChI is InChI=1S/C27H16F6N4O/c28-17-6-8-18(9-7-17)36-26(38)20-11-16(13-35-25(20)27(31,32)33)19-4-2-10-37-22(19)14-34-23(37)12-15-3-1-5-21(29)24(15)30/h1-11,13-14H,12H2,(H,36,38). The van der Waals surface area contributed by atoms with Gasteiger partial charge in [-0.1, -0.05) is 18.2 Å². The minimum Gasteiger partial charge on any atom is -0.322 e. The maximum atomic E-state index is 14.2. The molecule has 5 rings (SSSR count). The molecule has 3 heterocycles. The van der Waals surface area contributed by atoms with Crippen LogP contribution < -0.4 is 5.32 Å². The number of anilines is 1. The molecule has 0 aliphatic carbocycles. The summed E-state index contributed by atoms with van der Waals surface area (Å²) in [6.07, 6.45) is -0.905. The van der Waals surface area contributed by atoms with Gasteiger partial charge in [-0.25, -0.2) is 18.2 Å². The lowest BCUT2D eigenvalue weighted by atomic mass is 10.0. The van der Waals surface area contributed by atoms with Crippen molar-refractivity contribution in [1.82, 2.24) is 14.4 Å². The fourth-order valence-electron chi connectivity index (χ4n) is 4.05. The molecular formula is C27H16F6N4O. The summed E-state index contributed by atoms with van der Waals surface area (Å²) >= 11 is 0. The fraction of sp³-hybridized carbons (Fsp3) is 0.0741. The highest BCUT2D eigenvalue weighted by Crippen LogP contribution is 2.34. The van der Waals surface area contributed by atoms with E-state index in [1.807, 2.05) is 0 Å². The van der Waals surface area contributed by atoms with E-state index < -0.39 is 40.8 Å². The van der Waals surface area contributed by atoms with Crippen LogP contribution in [0.5, 0.6) is 0 Å². The van der Waals surface area contributed by atoms with Crippen molar-refractivity contribution in [3.63, 3.8) is 0 Å². The highest BCUT2D eigenvalue weighted by molar-refractivity contribution is 6.06. The third-order valence-corrected chi connectivity index (χ3v) is 5.84. The Morgan fingerprint density at radius 2 is 1.68 bits per heavy atom. The lowest BCUT2D eigenvalue weighted by Gasteiger charge is -2.14. The molecule has 5 nitrogen and oxygen atoms in total. The van der Waals surface area contributed by atoms with Crippen LogP contribution in [0.1, 0.15) is 27.4 Å². The number of imidazole rings is 1. The van der Waals surface area contributed by atoms with Gasteiger partial charge in [0.2, 0.25) is 0 Å². The van der Waals surface area contributed by atoms with Crippen molar-refractivity contribution in [2.45, 2.75) is 12.6 Å². The SMILES string of the molecule is O=C(Nc1ccc(F)cc1)c1cc(-c2cccn3c(Cc4cccc(F)c4F)ncc23)cnc1C(F)(F)F. The summed E-state index contributed by atoms with van der Waals surface area (Å²) < 4.78 is 83.7. The Labute approximate surface area is 211 Å². The summed E-state index contributed by atoms with van der Waals surface area (Å²) in [5.41, 5.74) is -0.891. The van der Waals surface area contributed by atoms with Crippen LogP contribution in [-0.2, 0) is 12.6 Å². The fourth-order valence-corrected chi connectivity index (χ4v) is 4.05. The molecule has 3 aromatic heterocycles. The first-order valence-electron chi connectivity index (χ1n) is 11.1. The van der Waals surface area contributed by atoms with Gasteiger partial charge in [0.25, 0.3) is 5.91 Å². The zero-order valence-corrected chi connectivity index (χ0v) is 19.2. The van der Waals surface area contributed by atoms with Gasteiger partial charge in [0, 0.05) is 35.6 Å². The summed E-state index contributed by atoms with van der Waals surface area (Å²) in [6, 6.07) is 12.6. The normalized spacial score (nSPS) is 11.6. The van der Waals surface area contributed by atoms with Gasteiger partial charge < -0.3 is 9.72 Å². The van der Waals surface area contributed by atoms with Crippen LogP contribution in [0, 0.1) is 17.5 Å². The number of alkyl halides is 3. The molecule has 0 bridgehead atoms. The van der Waals surface area contributed by atoms with Crippen LogP contribution >= 0.6 is 0 Å². The number of amides is 1. The molecule has 1 amide bonds. The van der Waals surface area contributed by atoms with E-state index in [0.29, 0.717) is 16.9 Å². The van der Waals surface area contributed by atoms with Gasteiger partial charge in [0.1, 0.15) is 11.6 Å². The molecule has 0 fully saturated rings. The first-order valence-corrected chi connectivity index (χ1v) is 11.1. The largest absolute Gasteiger partial charge is 0.434 e. The van der Waals surface area contributed by atoms with Gasteiger partial charge in [0.15, 0.2) is 17.3 Å². The van der Waals surface area contributed by atoms with E-state index in [1.54, 1.807) is 22.7 Å². The van der Waals surface area contributed by atoms with Gasteiger partial charge in [-0.2, -0.15) is 13.2 Å². The Bertz CT molecular complexity index is 1660. The molecule has 192 valence electrons. The average molecular weight is 526 g/mol. The average Bonchev–Trinajstić information content (AvgIpc) is 3.30. The van der Waals surface area contributed by atoms with Crippen molar-refractivity contribution >= 4 is 17.1 Å². The highest BCUT2D eigenvalue weighted by atomic mass is 19.4. The van der Waals surface area contributed by atoms with E-state index in [9.17, 15) is 31.1 Å². The molecule has 0 spiro atoms.